The molecule has 21 heavy (non-hydrogen) atoms. The number of ether oxygens (including phenoxy) is 1. The van der Waals surface area contributed by atoms with Gasteiger partial charge in [-0.1, -0.05) is 6.92 Å². The first-order valence-corrected chi connectivity index (χ1v) is 8.82. The molecule has 0 aliphatic carbocycles. The zero-order valence-corrected chi connectivity index (χ0v) is 13.5. The second-order valence-corrected chi connectivity index (χ2v) is 6.92. The van der Waals surface area contributed by atoms with Crippen LogP contribution in [-0.4, -0.2) is 55.1 Å². The number of likely N-dealkylation sites (tertiary alicyclic amines) is 1. The summed E-state index contributed by atoms with van der Waals surface area (Å²) in [7, 11) is 0. The maximum atomic E-state index is 12.5. The molecule has 0 unspecified atom stereocenters. The van der Waals surface area contributed by atoms with Crippen molar-refractivity contribution in [3.05, 3.63) is 21.9 Å². The van der Waals surface area contributed by atoms with Gasteiger partial charge in [0.1, 0.15) is 0 Å². The SMILES string of the molecule is CCCN1CCC[C@H]1c1ccc(C(=O)N2CCOCC2)s1. The minimum atomic E-state index is 0.176. The van der Waals surface area contributed by atoms with Gasteiger partial charge in [0, 0.05) is 24.0 Å². The Kier molecular flexibility index (Phi) is 4.93. The van der Waals surface area contributed by atoms with Crippen LogP contribution in [0.1, 0.15) is 46.8 Å². The molecule has 5 heteroatoms. The molecule has 3 rings (SSSR count). The van der Waals surface area contributed by atoms with Gasteiger partial charge in [0.05, 0.1) is 18.1 Å². The van der Waals surface area contributed by atoms with Gasteiger partial charge in [-0.2, -0.15) is 0 Å². The Balaban J connectivity index is 1.69. The van der Waals surface area contributed by atoms with Crippen molar-refractivity contribution in [2.45, 2.75) is 32.2 Å². The van der Waals surface area contributed by atoms with Crippen molar-refractivity contribution in [3.63, 3.8) is 0 Å². The van der Waals surface area contributed by atoms with E-state index in [0.717, 1.165) is 24.5 Å². The minimum absolute atomic E-state index is 0.176. The molecule has 1 aromatic rings. The summed E-state index contributed by atoms with van der Waals surface area (Å²) in [6.45, 7) is 7.36. The molecule has 2 aliphatic heterocycles. The average Bonchev–Trinajstić information content (AvgIpc) is 3.16. The summed E-state index contributed by atoms with van der Waals surface area (Å²) in [5, 5.41) is 0. The van der Waals surface area contributed by atoms with E-state index < -0.39 is 0 Å². The highest BCUT2D eigenvalue weighted by Gasteiger charge is 2.28. The summed E-state index contributed by atoms with van der Waals surface area (Å²) in [5.41, 5.74) is 0. The third-order valence-corrected chi connectivity index (χ3v) is 5.51. The van der Waals surface area contributed by atoms with Crippen LogP contribution in [0.5, 0.6) is 0 Å². The third-order valence-electron chi connectivity index (χ3n) is 4.34. The molecule has 3 heterocycles. The maximum absolute atomic E-state index is 12.5. The van der Waals surface area contributed by atoms with Gasteiger partial charge in [0.25, 0.3) is 5.91 Å². The van der Waals surface area contributed by atoms with Crippen molar-refractivity contribution in [2.24, 2.45) is 0 Å². The van der Waals surface area contributed by atoms with Gasteiger partial charge in [-0.3, -0.25) is 9.69 Å². The lowest BCUT2D eigenvalue weighted by Gasteiger charge is -2.26. The molecule has 1 aromatic heterocycles. The molecule has 0 spiro atoms. The van der Waals surface area contributed by atoms with Gasteiger partial charge in [0.2, 0.25) is 0 Å². The van der Waals surface area contributed by atoms with Gasteiger partial charge in [-0.25, -0.2) is 0 Å². The van der Waals surface area contributed by atoms with Gasteiger partial charge < -0.3 is 9.64 Å². The second-order valence-electron chi connectivity index (χ2n) is 5.80. The molecule has 2 fully saturated rings. The summed E-state index contributed by atoms with van der Waals surface area (Å²) in [6, 6.07) is 4.71. The van der Waals surface area contributed by atoms with Crippen LogP contribution in [0.3, 0.4) is 0 Å². The lowest BCUT2D eigenvalue weighted by atomic mass is 10.2. The largest absolute Gasteiger partial charge is 0.378 e. The number of thiophene rings is 1. The Hall–Kier alpha value is -0.910. The van der Waals surface area contributed by atoms with Crippen molar-refractivity contribution < 1.29 is 9.53 Å². The number of hydrogen-bond donors (Lipinski definition) is 0. The van der Waals surface area contributed by atoms with E-state index in [1.807, 2.05) is 11.0 Å². The fourth-order valence-corrected chi connectivity index (χ4v) is 4.42. The van der Waals surface area contributed by atoms with E-state index in [-0.39, 0.29) is 5.91 Å². The molecule has 0 saturated carbocycles. The highest BCUT2D eigenvalue weighted by molar-refractivity contribution is 7.14. The number of carbonyl (C=O) groups excluding carboxylic acids is 1. The molecule has 2 saturated heterocycles. The topological polar surface area (TPSA) is 32.8 Å². The van der Waals surface area contributed by atoms with E-state index in [9.17, 15) is 4.79 Å². The van der Waals surface area contributed by atoms with E-state index in [4.69, 9.17) is 4.74 Å². The van der Waals surface area contributed by atoms with E-state index >= 15 is 0 Å². The van der Waals surface area contributed by atoms with E-state index in [1.165, 1.54) is 30.7 Å². The zero-order valence-electron chi connectivity index (χ0n) is 12.7. The van der Waals surface area contributed by atoms with Crippen LogP contribution >= 0.6 is 11.3 Å². The molecule has 0 aromatic carbocycles. The predicted molar refractivity (Wildman–Crippen MR) is 84.9 cm³/mol. The monoisotopic (exact) mass is 308 g/mol. The normalized spacial score (nSPS) is 23.7. The fourth-order valence-electron chi connectivity index (χ4n) is 3.27. The summed E-state index contributed by atoms with van der Waals surface area (Å²) in [6.07, 6.45) is 3.70. The predicted octanol–water partition coefficient (Wildman–Crippen LogP) is 2.77. The Morgan fingerprint density at radius 3 is 2.90 bits per heavy atom. The van der Waals surface area contributed by atoms with Crippen LogP contribution in [0, 0.1) is 0 Å². The standard InChI is InChI=1S/C16H24N2O2S/c1-2-7-17-8-3-4-13(17)14-5-6-15(21-14)16(19)18-9-11-20-12-10-18/h5-6,13H,2-4,7-12H2,1H3/t13-/m0/s1. The third kappa shape index (κ3) is 3.30. The Morgan fingerprint density at radius 2 is 2.14 bits per heavy atom. The first-order chi connectivity index (χ1) is 10.3. The Bertz CT molecular complexity index is 482. The van der Waals surface area contributed by atoms with Gasteiger partial charge in [-0.15, -0.1) is 11.3 Å². The molecular formula is C16H24N2O2S. The van der Waals surface area contributed by atoms with E-state index in [2.05, 4.69) is 17.9 Å². The number of rotatable bonds is 4. The van der Waals surface area contributed by atoms with Crippen molar-refractivity contribution in [3.8, 4) is 0 Å². The molecule has 116 valence electrons. The summed E-state index contributed by atoms with van der Waals surface area (Å²) >= 11 is 1.69. The van der Waals surface area contributed by atoms with E-state index in [1.54, 1.807) is 11.3 Å². The molecule has 0 N–H and O–H groups in total. The number of nitrogens with zero attached hydrogens (tertiary/aromatic N) is 2. The van der Waals surface area contributed by atoms with Crippen LogP contribution in [0.25, 0.3) is 0 Å². The van der Waals surface area contributed by atoms with E-state index in [0.29, 0.717) is 19.3 Å². The Morgan fingerprint density at radius 1 is 1.33 bits per heavy atom. The van der Waals surface area contributed by atoms with Crippen LogP contribution in [-0.2, 0) is 4.74 Å². The number of hydrogen-bond acceptors (Lipinski definition) is 4. The molecule has 1 atom stereocenters. The summed E-state index contributed by atoms with van der Waals surface area (Å²) in [5.74, 6) is 0.176. The molecule has 0 bridgehead atoms. The van der Waals surface area contributed by atoms with Crippen LogP contribution in [0.4, 0.5) is 0 Å². The lowest BCUT2D eigenvalue weighted by molar-refractivity contribution is 0.0306. The smallest absolute Gasteiger partial charge is 0.264 e. The fraction of sp³-hybridized carbons (Fsp3) is 0.688. The van der Waals surface area contributed by atoms with Crippen molar-refractivity contribution in [2.75, 3.05) is 39.4 Å². The molecule has 0 radical (unpaired) electrons. The average molecular weight is 308 g/mol. The highest BCUT2D eigenvalue weighted by atomic mass is 32.1. The van der Waals surface area contributed by atoms with Crippen molar-refractivity contribution in [1.29, 1.82) is 0 Å². The van der Waals surface area contributed by atoms with Crippen molar-refractivity contribution >= 4 is 17.2 Å². The zero-order chi connectivity index (χ0) is 14.7. The quantitative estimate of drug-likeness (QED) is 0.857. The highest BCUT2D eigenvalue weighted by Crippen LogP contribution is 2.36. The van der Waals surface area contributed by atoms with Crippen LogP contribution < -0.4 is 0 Å². The maximum Gasteiger partial charge on any atom is 0.264 e. The summed E-state index contributed by atoms with van der Waals surface area (Å²) in [4.78, 5) is 19.2. The Labute approximate surface area is 130 Å². The van der Waals surface area contributed by atoms with Gasteiger partial charge in [0.15, 0.2) is 0 Å². The summed E-state index contributed by atoms with van der Waals surface area (Å²) < 4.78 is 5.32. The lowest BCUT2D eigenvalue weighted by Crippen LogP contribution is -2.40. The van der Waals surface area contributed by atoms with Gasteiger partial charge >= 0.3 is 0 Å². The van der Waals surface area contributed by atoms with Crippen molar-refractivity contribution in [1.82, 2.24) is 9.80 Å². The minimum Gasteiger partial charge on any atom is -0.378 e. The van der Waals surface area contributed by atoms with Crippen LogP contribution in [0.2, 0.25) is 0 Å². The second kappa shape index (κ2) is 6.90. The molecular weight excluding hydrogens is 284 g/mol. The number of carbonyl (C=O) groups is 1. The molecule has 1 amide bonds. The van der Waals surface area contributed by atoms with Crippen LogP contribution in [0.15, 0.2) is 12.1 Å². The van der Waals surface area contributed by atoms with Gasteiger partial charge in [-0.05, 0) is 44.5 Å². The number of amides is 1. The first kappa shape index (κ1) is 15.0. The molecule has 4 nitrogen and oxygen atoms in total. The first-order valence-electron chi connectivity index (χ1n) is 8.00. The number of morpholine rings is 1. The molecule has 2 aliphatic rings.